The minimum atomic E-state index is -2.33. The maximum absolute atomic E-state index is 8.33. The molecule has 6 heavy (non-hydrogen) atoms. The van der Waals surface area contributed by atoms with Gasteiger partial charge in [-0.15, -0.1) is 0 Å². The van der Waals surface area contributed by atoms with E-state index in [2.05, 4.69) is 0 Å². The van der Waals surface area contributed by atoms with E-state index >= 15 is 0 Å². The first-order valence-electron chi connectivity index (χ1n) is 0.612. The molecule has 0 aliphatic heterocycles. The van der Waals surface area contributed by atoms with Crippen LogP contribution >= 0.6 is 0 Å². The summed E-state index contributed by atoms with van der Waals surface area (Å²) in [7, 11) is 0. The molecular weight excluding hydrogens is 171 g/mol. The van der Waals surface area contributed by atoms with Crippen molar-refractivity contribution in [1.29, 1.82) is 0 Å². The van der Waals surface area contributed by atoms with Crippen molar-refractivity contribution in [2.24, 2.45) is 0 Å². The normalized spacial score (nSPS) is 4.00. The van der Waals surface area contributed by atoms with Crippen molar-refractivity contribution in [2.75, 3.05) is 0 Å². The van der Waals surface area contributed by atoms with Gasteiger partial charge in [0.15, 0.2) is 0 Å². The Morgan fingerprint density at radius 1 is 1.33 bits per heavy atom. The summed E-state index contributed by atoms with van der Waals surface area (Å²) in [4.78, 5) is 8.33. The summed E-state index contributed by atoms with van der Waals surface area (Å²) in [6.07, 6.45) is -2.33. The number of carbonyl (C=O) groups is 1. The quantitative estimate of drug-likeness (QED) is 0.341. The molecule has 0 rings (SSSR count). The van der Waals surface area contributed by atoms with E-state index in [1.54, 1.807) is 0 Å². The molecule has 0 aliphatic carbocycles. The van der Waals surface area contributed by atoms with Gasteiger partial charge in [0, 0.05) is 0 Å². The fourth-order valence-corrected chi connectivity index (χ4v) is 0. The monoisotopic (exact) mass is 171 g/mol. The van der Waals surface area contributed by atoms with E-state index in [9.17, 15) is 0 Å². The molecule has 0 unspecified atom stereocenters. The fraction of sp³-hybridized carbons (Fsp3) is 0. The summed E-state index contributed by atoms with van der Waals surface area (Å²) in [6, 6.07) is 0. The second kappa shape index (κ2) is 9.89. The second-order valence-electron chi connectivity index (χ2n) is 0.250. The molecule has 0 amide bonds. The maximum Gasteiger partial charge on any atom is 2.00 e. The average Bonchev–Trinajstić information content (AvgIpc) is 0.811. The number of carboxylic acid groups (broad SMARTS) is 2. The van der Waals surface area contributed by atoms with Gasteiger partial charge in [0.05, 0.1) is 0 Å². The van der Waals surface area contributed by atoms with Gasteiger partial charge in [0.2, 0.25) is 0 Å². The number of hydrogen-bond donors (Lipinski definition) is 0. The first-order chi connectivity index (χ1) is 1.73. The molecule has 0 aromatic carbocycles. The summed E-state index contributed by atoms with van der Waals surface area (Å²) in [6.45, 7) is 0. The van der Waals surface area contributed by atoms with E-state index in [4.69, 9.17) is 15.0 Å². The molecule has 0 spiro atoms. The van der Waals surface area contributed by atoms with E-state index in [-0.39, 0.29) is 75.0 Å². The van der Waals surface area contributed by atoms with Gasteiger partial charge < -0.3 is 15.0 Å². The van der Waals surface area contributed by atoms with Crippen LogP contribution in [-0.4, -0.2) is 51.6 Å². The zero-order valence-corrected chi connectivity index (χ0v) is 8.91. The fourth-order valence-electron chi connectivity index (χ4n) is 0. The van der Waals surface area contributed by atoms with Crippen molar-refractivity contribution in [3.8, 4) is 0 Å². The Balaban J connectivity index is -0.0000000450. The zero-order valence-electron chi connectivity index (χ0n) is 3.43. The van der Waals surface area contributed by atoms with Gasteiger partial charge in [-0.2, -0.15) is 0 Å². The van der Waals surface area contributed by atoms with Crippen LogP contribution in [0.5, 0.6) is 0 Å². The first kappa shape index (κ1) is 15.7. The molecule has 0 radical (unpaired) electrons. The molecule has 0 N–H and O–H groups in total. The number of carbonyl (C=O) groups excluding carboxylic acids is 1. The van der Waals surface area contributed by atoms with Crippen LogP contribution in [-0.2, 0) is 0 Å². The minimum Gasteiger partial charge on any atom is -0.652 e. The largest absolute Gasteiger partial charge is 2.00 e. The van der Waals surface area contributed by atoms with Gasteiger partial charge >= 0.3 is 75.0 Å². The van der Waals surface area contributed by atoms with Crippen LogP contribution in [0.15, 0.2) is 0 Å². The maximum atomic E-state index is 8.33. The molecule has 0 bridgehead atoms. The van der Waals surface area contributed by atoms with Crippen molar-refractivity contribution in [2.45, 2.75) is 0 Å². The molecule has 0 saturated carbocycles. The molecule has 0 heterocycles. The summed E-state index contributed by atoms with van der Waals surface area (Å²) < 4.78 is 0. The third kappa shape index (κ3) is 42.4. The molecule has 24 valence electrons. The third-order valence-corrected chi connectivity index (χ3v) is 0. The number of rotatable bonds is 0. The molecule has 5 heteroatoms. The van der Waals surface area contributed by atoms with Crippen molar-refractivity contribution in [1.82, 2.24) is 0 Å². The van der Waals surface area contributed by atoms with E-state index < -0.39 is 6.16 Å². The summed E-state index contributed by atoms with van der Waals surface area (Å²) in [5.74, 6) is 0. The van der Waals surface area contributed by atoms with Crippen LogP contribution in [0.4, 0.5) is 4.79 Å². The van der Waals surface area contributed by atoms with Crippen LogP contribution in [0.25, 0.3) is 0 Å². The molecule has 3 nitrogen and oxygen atoms in total. The summed E-state index contributed by atoms with van der Waals surface area (Å²) in [5, 5.41) is 16.7. The predicted molar refractivity (Wildman–Crippen MR) is 11.1 cm³/mol. The van der Waals surface area contributed by atoms with Crippen molar-refractivity contribution < 1.29 is 44.6 Å². The SMILES string of the molecule is O=C([O-])[O-].[Na+].[Sr+2]. The Hall–Kier alpha value is 1.75. The Kier molecular flexibility index (Phi) is 25.8. The Labute approximate surface area is 94.3 Å². The Bertz CT molecular complexity index is 33.8. The van der Waals surface area contributed by atoms with Gasteiger partial charge in [-0.1, -0.05) is 0 Å². The molecule has 0 aromatic heterocycles. The molecule has 0 atom stereocenters. The molecule has 0 saturated heterocycles. The summed E-state index contributed by atoms with van der Waals surface area (Å²) >= 11 is 0. The van der Waals surface area contributed by atoms with E-state index in [1.807, 2.05) is 0 Å². The molecule has 0 aliphatic rings. The Morgan fingerprint density at radius 3 is 1.33 bits per heavy atom. The van der Waals surface area contributed by atoms with Crippen LogP contribution < -0.4 is 39.8 Å². The zero-order chi connectivity index (χ0) is 3.58. The van der Waals surface area contributed by atoms with Gasteiger partial charge in [-0.3, -0.25) is 0 Å². The van der Waals surface area contributed by atoms with Crippen molar-refractivity contribution in [3.05, 3.63) is 0 Å². The molecule has 0 aromatic rings. The first-order valence-corrected chi connectivity index (χ1v) is 0.612. The topological polar surface area (TPSA) is 63.2 Å². The predicted octanol–water partition coefficient (Wildman–Crippen LogP) is -5.82. The second-order valence-corrected chi connectivity index (χ2v) is 0.250. The smallest absolute Gasteiger partial charge is 0.652 e. The average molecular weight is 171 g/mol. The van der Waals surface area contributed by atoms with Gasteiger partial charge in [-0.05, 0) is 6.16 Å². The standard InChI is InChI=1S/CH2O3.Na.Sr/c2-1(3)4;;/h(H2,2,3,4);;/q;+1;+2/p-2. The Morgan fingerprint density at radius 2 is 1.33 bits per heavy atom. The van der Waals surface area contributed by atoms with Crippen LogP contribution in [0.2, 0.25) is 0 Å². The van der Waals surface area contributed by atoms with Crippen molar-refractivity contribution >= 4 is 51.6 Å². The van der Waals surface area contributed by atoms with Gasteiger partial charge in [-0.25, -0.2) is 0 Å². The van der Waals surface area contributed by atoms with Gasteiger partial charge in [0.1, 0.15) is 0 Å². The third-order valence-electron chi connectivity index (χ3n) is 0. The van der Waals surface area contributed by atoms with Crippen LogP contribution in [0.1, 0.15) is 0 Å². The summed E-state index contributed by atoms with van der Waals surface area (Å²) in [5.41, 5.74) is 0. The molecule has 0 fully saturated rings. The minimum absolute atomic E-state index is 0. The van der Waals surface area contributed by atoms with E-state index in [0.717, 1.165) is 0 Å². The van der Waals surface area contributed by atoms with Gasteiger partial charge in [0.25, 0.3) is 0 Å². The van der Waals surface area contributed by atoms with E-state index in [0.29, 0.717) is 0 Å². The molecular formula is CNaO3Sr+. The van der Waals surface area contributed by atoms with Crippen LogP contribution in [0.3, 0.4) is 0 Å². The van der Waals surface area contributed by atoms with Crippen molar-refractivity contribution in [3.63, 3.8) is 0 Å². The van der Waals surface area contributed by atoms with E-state index in [1.165, 1.54) is 0 Å². The van der Waals surface area contributed by atoms with Crippen LogP contribution in [0, 0.1) is 0 Å². The number of hydrogen-bond acceptors (Lipinski definition) is 3.